The quantitative estimate of drug-likeness (QED) is 0.741. The van der Waals surface area contributed by atoms with Gasteiger partial charge >= 0.3 is 0 Å². The highest BCUT2D eigenvalue weighted by Gasteiger charge is 2.27. The van der Waals surface area contributed by atoms with Crippen molar-refractivity contribution in [3.8, 4) is 0 Å². The van der Waals surface area contributed by atoms with Crippen molar-refractivity contribution in [3.05, 3.63) is 0 Å². The molecule has 0 spiro atoms. The summed E-state index contributed by atoms with van der Waals surface area (Å²) in [6.45, 7) is 3.68. The number of hydrogen-bond acceptors (Lipinski definition) is 1. The topological polar surface area (TPSA) is 12.0 Å². The molecule has 0 atom stereocenters. The minimum atomic E-state index is 0.495. The molecule has 0 saturated heterocycles. The molecule has 0 unspecified atom stereocenters. The van der Waals surface area contributed by atoms with Crippen LogP contribution in [0.5, 0.6) is 0 Å². The molecule has 2 aliphatic carbocycles. The van der Waals surface area contributed by atoms with E-state index >= 15 is 0 Å². The molecule has 2 rings (SSSR count). The van der Waals surface area contributed by atoms with E-state index in [9.17, 15) is 0 Å². The van der Waals surface area contributed by atoms with E-state index in [0.29, 0.717) is 5.54 Å². The highest BCUT2D eigenvalue weighted by Crippen LogP contribution is 2.30. The Kier molecular flexibility index (Phi) is 4.07. The van der Waals surface area contributed by atoms with Gasteiger partial charge in [0, 0.05) is 5.54 Å². The molecule has 1 heteroatoms. The number of hydrogen-bond donors (Lipinski definition) is 1. The fourth-order valence-electron chi connectivity index (χ4n) is 3.39. The molecule has 0 aromatic heterocycles. The van der Waals surface area contributed by atoms with Crippen LogP contribution in [0.2, 0.25) is 0 Å². The van der Waals surface area contributed by atoms with Crippen LogP contribution in [0.15, 0.2) is 0 Å². The summed E-state index contributed by atoms with van der Waals surface area (Å²) >= 11 is 0. The summed E-state index contributed by atoms with van der Waals surface area (Å²) < 4.78 is 0. The van der Waals surface area contributed by atoms with Gasteiger partial charge in [-0.15, -0.1) is 0 Å². The smallest absolute Gasteiger partial charge is 0.0153 e. The van der Waals surface area contributed by atoms with Crippen molar-refractivity contribution in [3.63, 3.8) is 0 Å². The first-order valence-electron chi connectivity index (χ1n) is 7.04. The van der Waals surface area contributed by atoms with Crippen LogP contribution in [-0.4, -0.2) is 12.1 Å². The Bertz CT molecular complexity index is 176. The van der Waals surface area contributed by atoms with Gasteiger partial charge in [0.05, 0.1) is 0 Å². The van der Waals surface area contributed by atoms with Crippen molar-refractivity contribution >= 4 is 0 Å². The Balaban J connectivity index is 1.61. The van der Waals surface area contributed by atoms with E-state index in [2.05, 4.69) is 12.2 Å². The van der Waals surface area contributed by atoms with Crippen molar-refractivity contribution in [1.82, 2.24) is 5.32 Å². The van der Waals surface area contributed by atoms with E-state index < -0.39 is 0 Å². The second-order valence-electron chi connectivity index (χ2n) is 5.99. The molecule has 2 aliphatic rings. The normalized spacial score (nSPS) is 27.0. The lowest BCUT2D eigenvalue weighted by Crippen LogP contribution is -2.40. The molecule has 0 radical (unpaired) electrons. The van der Waals surface area contributed by atoms with Crippen LogP contribution in [0.3, 0.4) is 0 Å². The second kappa shape index (κ2) is 5.34. The van der Waals surface area contributed by atoms with Crippen LogP contribution in [0.1, 0.15) is 71.1 Å². The van der Waals surface area contributed by atoms with Crippen LogP contribution in [-0.2, 0) is 0 Å². The highest BCUT2D eigenvalue weighted by atomic mass is 15.0. The third kappa shape index (κ3) is 3.48. The predicted octanol–water partition coefficient (Wildman–Crippen LogP) is 3.88. The number of rotatable bonds is 4. The first-order valence-corrected chi connectivity index (χ1v) is 7.04. The Hall–Kier alpha value is -0.0400. The average molecular weight is 209 g/mol. The van der Waals surface area contributed by atoms with Gasteiger partial charge in [-0.05, 0) is 38.6 Å². The lowest BCUT2D eigenvalue weighted by molar-refractivity contribution is 0.301. The summed E-state index contributed by atoms with van der Waals surface area (Å²) in [5.74, 6) is 1.04. The maximum atomic E-state index is 3.81. The van der Waals surface area contributed by atoms with Crippen molar-refractivity contribution in [2.45, 2.75) is 76.7 Å². The van der Waals surface area contributed by atoms with Crippen molar-refractivity contribution in [2.24, 2.45) is 5.92 Å². The zero-order chi connectivity index (χ0) is 10.6. The standard InChI is InChI=1S/C14H27N/c1-14(10-5-6-11-14)15-12-9-13-7-3-2-4-8-13/h13,15H,2-12H2,1H3. The molecule has 2 saturated carbocycles. The molecule has 0 bridgehead atoms. The first kappa shape index (κ1) is 11.4. The molecule has 0 aromatic carbocycles. The van der Waals surface area contributed by atoms with Crippen molar-refractivity contribution in [1.29, 1.82) is 0 Å². The third-order valence-corrected chi connectivity index (χ3v) is 4.54. The molecule has 15 heavy (non-hydrogen) atoms. The van der Waals surface area contributed by atoms with Crippen LogP contribution in [0.25, 0.3) is 0 Å². The molecule has 2 fully saturated rings. The molecular weight excluding hydrogens is 182 g/mol. The molecule has 1 N–H and O–H groups in total. The molecule has 1 nitrogen and oxygen atoms in total. The highest BCUT2D eigenvalue weighted by molar-refractivity contribution is 4.88. The lowest BCUT2D eigenvalue weighted by atomic mass is 9.87. The summed E-state index contributed by atoms with van der Waals surface area (Å²) in [5.41, 5.74) is 0.495. The predicted molar refractivity (Wildman–Crippen MR) is 66.1 cm³/mol. The largest absolute Gasteiger partial charge is 0.312 e. The van der Waals surface area contributed by atoms with Crippen LogP contribution in [0, 0.1) is 5.92 Å². The Labute approximate surface area is 95.0 Å². The Morgan fingerprint density at radius 3 is 2.33 bits per heavy atom. The maximum absolute atomic E-state index is 3.81. The third-order valence-electron chi connectivity index (χ3n) is 4.54. The molecule has 0 amide bonds. The fraction of sp³-hybridized carbons (Fsp3) is 1.00. The fourth-order valence-corrected chi connectivity index (χ4v) is 3.39. The van der Waals surface area contributed by atoms with Gasteiger partial charge in [0.25, 0.3) is 0 Å². The zero-order valence-electron chi connectivity index (χ0n) is 10.4. The van der Waals surface area contributed by atoms with E-state index in [-0.39, 0.29) is 0 Å². The van der Waals surface area contributed by atoms with E-state index in [1.54, 1.807) is 0 Å². The van der Waals surface area contributed by atoms with Crippen molar-refractivity contribution < 1.29 is 0 Å². The van der Waals surface area contributed by atoms with Crippen molar-refractivity contribution in [2.75, 3.05) is 6.54 Å². The SMILES string of the molecule is CC1(NCCC2CCCCC2)CCCC1. The van der Waals surface area contributed by atoms with Gasteiger partial charge in [-0.2, -0.15) is 0 Å². The van der Waals surface area contributed by atoms with Gasteiger partial charge in [-0.1, -0.05) is 44.9 Å². The monoisotopic (exact) mass is 209 g/mol. The molecule has 0 heterocycles. The van der Waals surface area contributed by atoms with Crippen LogP contribution < -0.4 is 5.32 Å². The van der Waals surface area contributed by atoms with E-state index in [0.717, 1.165) is 5.92 Å². The van der Waals surface area contributed by atoms with Crippen LogP contribution >= 0.6 is 0 Å². The minimum Gasteiger partial charge on any atom is -0.312 e. The maximum Gasteiger partial charge on any atom is 0.0153 e. The van der Waals surface area contributed by atoms with Gasteiger partial charge < -0.3 is 5.32 Å². The minimum absolute atomic E-state index is 0.495. The average Bonchev–Trinajstić information content (AvgIpc) is 2.67. The lowest BCUT2D eigenvalue weighted by Gasteiger charge is -2.28. The summed E-state index contributed by atoms with van der Waals surface area (Å²) in [7, 11) is 0. The van der Waals surface area contributed by atoms with Gasteiger partial charge in [0.2, 0.25) is 0 Å². The Morgan fingerprint density at radius 2 is 1.67 bits per heavy atom. The van der Waals surface area contributed by atoms with E-state index in [4.69, 9.17) is 0 Å². The number of nitrogens with one attached hydrogen (secondary N) is 1. The van der Waals surface area contributed by atoms with Gasteiger partial charge in [0.1, 0.15) is 0 Å². The molecular formula is C14H27N. The first-order chi connectivity index (χ1) is 7.29. The van der Waals surface area contributed by atoms with E-state index in [1.807, 2.05) is 0 Å². The zero-order valence-corrected chi connectivity index (χ0v) is 10.4. The second-order valence-corrected chi connectivity index (χ2v) is 5.99. The van der Waals surface area contributed by atoms with Gasteiger partial charge in [0.15, 0.2) is 0 Å². The molecule has 0 aliphatic heterocycles. The summed E-state index contributed by atoms with van der Waals surface area (Å²) in [5, 5.41) is 3.81. The summed E-state index contributed by atoms with van der Waals surface area (Å²) in [4.78, 5) is 0. The molecule has 0 aromatic rings. The van der Waals surface area contributed by atoms with Crippen LogP contribution in [0.4, 0.5) is 0 Å². The summed E-state index contributed by atoms with van der Waals surface area (Å²) in [6.07, 6.45) is 14.6. The Morgan fingerprint density at radius 1 is 1.00 bits per heavy atom. The van der Waals surface area contributed by atoms with E-state index in [1.165, 1.54) is 70.8 Å². The molecule has 88 valence electrons. The van der Waals surface area contributed by atoms with Gasteiger partial charge in [-0.3, -0.25) is 0 Å². The summed E-state index contributed by atoms with van der Waals surface area (Å²) in [6, 6.07) is 0. The van der Waals surface area contributed by atoms with Gasteiger partial charge in [-0.25, -0.2) is 0 Å².